The Morgan fingerprint density at radius 3 is 2.74 bits per heavy atom. The van der Waals surface area contributed by atoms with Gasteiger partial charge < -0.3 is 5.32 Å². The molecule has 0 saturated heterocycles. The van der Waals surface area contributed by atoms with Gasteiger partial charge in [0.25, 0.3) is 5.56 Å². The standard InChI is InChI=1S/C19H18N4O2S2/c1-11(2)23-18(25)14-6-4-5-7-15(14)21-19(23)27-12(3)16(24)22-17-13(10-20)8-9-26-17/h4-9,11-12H,1-3H3,(H,22,24)/t12-/m0/s1. The van der Waals surface area contributed by atoms with Crippen molar-refractivity contribution in [3.63, 3.8) is 0 Å². The molecular formula is C19H18N4O2S2. The topological polar surface area (TPSA) is 87.8 Å². The molecular weight excluding hydrogens is 380 g/mol. The average molecular weight is 399 g/mol. The van der Waals surface area contributed by atoms with Crippen molar-refractivity contribution >= 4 is 44.9 Å². The van der Waals surface area contributed by atoms with Gasteiger partial charge in [-0.25, -0.2) is 4.98 Å². The summed E-state index contributed by atoms with van der Waals surface area (Å²) in [6.07, 6.45) is 0. The van der Waals surface area contributed by atoms with Gasteiger partial charge in [-0.1, -0.05) is 23.9 Å². The van der Waals surface area contributed by atoms with Crippen molar-refractivity contribution in [1.29, 1.82) is 5.26 Å². The van der Waals surface area contributed by atoms with Gasteiger partial charge in [-0.15, -0.1) is 11.3 Å². The zero-order chi connectivity index (χ0) is 19.6. The van der Waals surface area contributed by atoms with Crippen LogP contribution in [0.2, 0.25) is 0 Å². The number of benzene rings is 1. The van der Waals surface area contributed by atoms with Crippen LogP contribution in [-0.2, 0) is 4.79 Å². The summed E-state index contributed by atoms with van der Waals surface area (Å²) in [6, 6.07) is 10.8. The minimum atomic E-state index is -0.489. The lowest BCUT2D eigenvalue weighted by molar-refractivity contribution is -0.115. The maximum absolute atomic E-state index is 12.9. The smallest absolute Gasteiger partial charge is 0.262 e. The number of aromatic nitrogens is 2. The van der Waals surface area contributed by atoms with Crippen molar-refractivity contribution in [3.8, 4) is 6.07 Å². The number of fused-ring (bicyclic) bond motifs is 1. The predicted molar refractivity (Wildman–Crippen MR) is 109 cm³/mol. The molecule has 3 rings (SSSR count). The lowest BCUT2D eigenvalue weighted by atomic mass is 10.2. The summed E-state index contributed by atoms with van der Waals surface area (Å²) in [7, 11) is 0. The van der Waals surface area contributed by atoms with Crippen LogP contribution in [0.4, 0.5) is 5.00 Å². The first-order valence-electron chi connectivity index (χ1n) is 8.38. The fourth-order valence-electron chi connectivity index (χ4n) is 2.58. The fourth-order valence-corrected chi connectivity index (χ4v) is 4.36. The van der Waals surface area contributed by atoms with Gasteiger partial charge >= 0.3 is 0 Å². The number of carbonyl (C=O) groups excluding carboxylic acids is 1. The number of nitrogens with zero attached hydrogens (tertiary/aromatic N) is 3. The molecule has 1 amide bonds. The molecule has 0 bridgehead atoms. The van der Waals surface area contributed by atoms with E-state index in [2.05, 4.69) is 16.4 Å². The summed E-state index contributed by atoms with van der Waals surface area (Å²) in [5.41, 5.74) is 0.934. The van der Waals surface area contributed by atoms with Crippen LogP contribution in [0.3, 0.4) is 0 Å². The van der Waals surface area contributed by atoms with Crippen LogP contribution in [0, 0.1) is 11.3 Å². The quantitative estimate of drug-likeness (QED) is 0.518. The Hall–Kier alpha value is -2.63. The second kappa shape index (κ2) is 7.94. The summed E-state index contributed by atoms with van der Waals surface area (Å²) in [4.78, 5) is 30.0. The molecule has 0 radical (unpaired) electrons. The van der Waals surface area contributed by atoms with Crippen molar-refractivity contribution in [1.82, 2.24) is 9.55 Å². The van der Waals surface area contributed by atoms with Gasteiger partial charge in [0.2, 0.25) is 5.91 Å². The van der Waals surface area contributed by atoms with Crippen LogP contribution in [0.1, 0.15) is 32.4 Å². The number of hydrogen-bond acceptors (Lipinski definition) is 6. The van der Waals surface area contributed by atoms with Crippen LogP contribution in [0.15, 0.2) is 45.7 Å². The fraction of sp³-hybridized carbons (Fsp3) is 0.263. The highest BCUT2D eigenvalue weighted by Crippen LogP contribution is 2.27. The number of carbonyl (C=O) groups is 1. The van der Waals surface area contributed by atoms with E-state index >= 15 is 0 Å². The van der Waals surface area contributed by atoms with Gasteiger partial charge in [-0.3, -0.25) is 14.2 Å². The van der Waals surface area contributed by atoms with Crippen molar-refractivity contribution in [2.75, 3.05) is 5.32 Å². The van der Waals surface area contributed by atoms with E-state index in [1.165, 1.54) is 23.1 Å². The summed E-state index contributed by atoms with van der Waals surface area (Å²) < 4.78 is 1.61. The van der Waals surface area contributed by atoms with E-state index in [0.29, 0.717) is 26.6 Å². The van der Waals surface area contributed by atoms with E-state index in [-0.39, 0.29) is 17.5 Å². The van der Waals surface area contributed by atoms with Gasteiger partial charge in [-0.05, 0) is 44.4 Å². The van der Waals surface area contributed by atoms with E-state index in [1.54, 1.807) is 35.1 Å². The number of amides is 1. The molecule has 0 fully saturated rings. The number of rotatable bonds is 5. The Morgan fingerprint density at radius 1 is 1.30 bits per heavy atom. The highest BCUT2D eigenvalue weighted by molar-refractivity contribution is 8.00. The van der Waals surface area contributed by atoms with Crippen molar-refractivity contribution in [2.45, 2.75) is 37.2 Å². The number of nitrogens with one attached hydrogen (secondary N) is 1. The zero-order valence-electron chi connectivity index (χ0n) is 15.1. The lowest BCUT2D eigenvalue weighted by Gasteiger charge is -2.18. The molecule has 0 aliphatic rings. The molecule has 0 unspecified atom stereocenters. The van der Waals surface area contributed by atoms with Crippen LogP contribution in [0.5, 0.6) is 0 Å². The molecule has 138 valence electrons. The number of thiophene rings is 1. The molecule has 6 nitrogen and oxygen atoms in total. The summed E-state index contributed by atoms with van der Waals surface area (Å²) in [5, 5.41) is 14.7. The Kier molecular flexibility index (Phi) is 5.63. The molecule has 1 atom stereocenters. The lowest BCUT2D eigenvalue weighted by Crippen LogP contribution is -2.28. The van der Waals surface area contributed by atoms with E-state index < -0.39 is 5.25 Å². The van der Waals surface area contributed by atoms with Gasteiger partial charge in [-0.2, -0.15) is 5.26 Å². The number of nitriles is 1. The maximum atomic E-state index is 12.9. The first-order valence-corrected chi connectivity index (χ1v) is 10.1. The molecule has 0 spiro atoms. The third-order valence-corrected chi connectivity index (χ3v) is 5.86. The number of hydrogen-bond donors (Lipinski definition) is 1. The van der Waals surface area contributed by atoms with E-state index in [4.69, 9.17) is 5.26 Å². The first-order chi connectivity index (χ1) is 12.9. The Morgan fingerprint density at radius 2 is 2.04 bits per heavy atom. The molecule has 0 aliphatic heterocycles. The van der Waals surface area contributed by atoms with E-state index in [1.807, 2.05) is 26.0 Å². The third kappa shape index (κ3) is 3.89. The average Bonchev–Trinajstić information content (AvgIpc) is 3.08. The van der Waals surface area contributed by atoms with Gasteiger partial charge in [0.1, 0.15) is 11.1 Å². The van der Waals surface area contributed by atoms with E-state index in [0.717, 1.165) is 0 Å². The van der Waals surface area contributed by atoms with Crippen LogP contribution in [0.25, 0.3) is 10.9 Å². The number of para-hydroxylation sites is 1. The molecule has 0 saturated carbocycles. The van der Waals surface area contributed by atoms with Gasteiger partial charge in [0, 0.05) is 6.04 Å². The minimum Gasteiger partial charge on any atom is -0.316 e. The molecule has 0 aliphatic carbocycles. The van der Waals surface area contributed by atoms with E-state index in [9.17, 15) is 9.59 Å². The third-order valence-electron chi connectivity index (χ3n) is 3.97. The monoisotopic (exact) mass is 398 g/mol. The number of anilines is 1. The Balaban J connectivity index is 1.91. The summed E-state index contributed by atoms with van der Waals surface area (Å²) >= 11 is 2.54. The van der Waals surface area contributed by atoms with Gasteiger partial charge in [0.15, 0.2) is 5.16 Å². The Labute approximate surface area is 164 Å². The second-order valence-electron chi connectivity index (χ2n) is 6.20. The molecule has 1 N–H and O–H groups in total. The van der Waals surface area contributed by atoms with Crippen LogP contribution < -0.4 is 10.9 Å². The summed E-state index contributed by atoms with van der Waals surface area (Å²) in [6.45, 7) is 5.58. The second-order valence-corrected chi connectivity index (χ2v) is 8.43. The van der Waals surface area contributed by atoms with Crippen LogP contribution in [-0.4, -0.2) is 20.7 Å². The molecule has 2 heterocycles. The van der Waals surface area contributed by atoms with Gasteiger partial charge in [0.05, 0.1) is 21.7 Å². The van der Waals surface area contributed by atoms with Crippen molar-refractivity contribution < 1.29 is 4.79 Å². The normalized spacial score (nSPS) is 12.1. The van der Waals surface area contributed by atoms with Crippen molar-refractivity contribution in [3.05, 3.63) is 51.6 Å². The minimum absolute atomic E-state index is 0.0881. The Bertz CT molecular complexity index is 1100. The molecule has 8 heteroatoms. The molecule has 2 aromatic heterocycles. The van der Waals surface area contributed by atoms with Crippen molar-refractivity contribution in [2.24, 2.45) is 0 Å². The maximum Gasteiger partial charge on any atom is 0.262 e. The highest BCUT2D eigenvalue weighted by Gasteiger charge is 2.21. The SMILES string of the molecule is CC(C)n1c(S[C@@H](C)C(=O)Nc2sccc2C#N)nc2ccccc2c1=O. The first kappa shape index (κ1) is 19.1. The molecule has 3 aromatic rings. The molecule has 1 aromatic carbocycles. The highest BCUT2D eigenvalue weighted by atomic mass is 32.2. The summed E-state index contributed by atoms with van der Waals surface area (Å²) in [5.74, 6) is -0.239. The van der Waals surface area contributed by atoms with Crippen LogP contribution >= 0.6 is 23.1 Å². The number of thioether (sulfide) groups is 1. The zero-order valence-corrected chi connectivity index (χ0v) is 16.7. The predicted octanol–water partition coefficient (Wildman–Crippen LogP) is 4.03. The largest absolute Gasteiger partial charge is 0.316 e. The molecule has 27 heavy (non-hydrogen) atoms.